The second kappa shape index (κ2) is 7.88. The third kappa shape index (κ3) is 3.89. The van der Waals surface area contributed by atoms with Crippen molar-refractivity contribution in [1.29, 1.82) is 0 Å². The standard InChI is InChI=1S/C20H22N2O2/c1-2-24-20(23)18-10-12-22(14-16-7-4-3-5-8-16)15-19(18)17-9-6-11-21-13-17/h3-9,11,13H,2,10,12,14-15H2,1H3. The van der Waals surface area contributed by atoms with Gasteiger partial charge in [0.1, 0.15) is 0 Å². The van der Waals surface area contributed by atoms with E-state index in [0.717, 1.165) is 36.3 Å². The topological polar surface area (TPSA) is 42.4 Å². The van der Waals surface area contributed by atoms with Crippen molar-refractivity contribution in [2.75, 3.05) is 19.7 Å². The molecule has 2 aromatic rings. The van der Waals surface area contributed by atoms with Crippen molar-refractivity contribution in [3.05, 3.63) is 71.6 Å². The van der Waals surface area contributed by atoms with Crippen LogP contribution in [-0.4, -0.2) is 35.5 Å². The molecule has 3 rings (SSSR count). The van der Waals surface area contributed by atoms with Crippen molar-refractivity contribution in [3.8, 4) is 0 Å². The Morgan fingerprint density at radius 2 is 2.04 bits per heavy atom. The molecule has 0 saturated heterocycles. The quantitative estimate of drug-likeness (QED) is 0.792. The second-order valence-electron chi connectivity index (χ2n) is 5.87. The summed E-state index contributed by atoms with van der Waals surface area (Å²) in [5.74, 6) is -0.198. The molecule has 1 aromatic heterocycles. The van der Waals surface area contributed by atoms with Crippen molar-refractivity contribution in [2.45, 2.75) is 19.9 Å². The van der Waals surface area contributed by atoms with E-state index in [2.05, 4.69) is 34.1 Å². The third-order valence-corrected chi connectivity index (χ3v) is 4.20. The molecular formula is C20H22N2O2. The number of hydrogen-bond donors (Lipinski definition) is 0. The van der Waals surface area contributed by atoms with E-state index in [1.54, 1.807) is 6.20 Å². The van der Waals surface area contributed by atoms with E-state index in [1.807, 2.05) is 31.3 Å². The molecule has 0 spiro atoms. The molecule has 2 heterocycles. The molecule has 0 atom stereocenters. The lowest BCUT2D eigenvalue weighted by Crippen LogP contribution is -2.33. The molecule has 1 aliphatic heterocycles. The zero-order chi connectivity index (χ0) is 16.8. The average molecular weight is 322 g/mol. The van der Waals surface area contributed by atoms with Crippen LogP contribution in [-0.2, 0) is 16.1 Å². The van der Waals surface area contributed by atoms with E-state index in [0.29, 0.717) is 13.0 Å². The maximum atomic E-state index is 12.3. The van der Waals surface area contributed by atoms with Crippen LogP contribution >= 0.6 is 0 Å². The van der Waals surface area contributed by atoms with Crippen LogP contribution in [0.15, 0.2) is 60.4 Å². The normalized spacial score (nSPS) is 15.4. The van der Waals surface area contributed by atoms with Crippen LogP contribution < -0.4 is 0 Å². The number of nitrogens with zero attached hydrogens (tertiary/aromatic N) is 2. The number of rotatable bonds is 5. The average Bonchev–Trinajstić information content (AvgIpc) is 2.63. The first-order chi connectivity index (χ1) is 11.8. The predicted molar refractivity (Wildman–Crippen MR) is 94.1 cm³/mol. The van der Waals surface area contributed by atoms with Gasteiger partial charge in [0.25, 0.3) is 0 Å². The number of carbonyl (C=O) groups excluding carboxylic acids is 1. The summed E-state index contributed by atoms with van der Waals surface area (Å²) in [6.07, 6.45) is 4.27. The summed E-state index contributed by atoms with van der Waals surface area (Å²) in [7, 11) is 0. The summed E-state index contributed by atoms with van der Waals surface area (Å²) >= 11 is 0. The van der Waals surface area contributed by atoms with Crippen molar-refractivity contribution in [3.63, 3.8) is 0 Å². The summed E-state index contributed by atoms with van der Waals surface area (Å²) in [4.78, 5) is 18.9. The van der Waals surface area contributed by atoms with Crippen molar-refractivity contribution >= 4 is 11.5 Å². The zero-order valence-electron chi connectivity index (χ0n) is 13.9. The van der Waals surface area contributed by atoms with E-state index in [9.17, 15) is 4.79 Å². The van der Waals surface area contributed by atoms with E-state index < -0.39 is 0 Å². The molecule has 0 saturated carbocycles. The number of ether oxygens (including phenoxy) is 1. The molecule has 24 heavy (non-hydrogen) atoms. The van der Waals surface area contributed by atoms with Crippen LogP contribution in [0.25, 0.3) is 5.57 Å². The Morgan fingerprint density at radius 3 is 2.75 bits per heavy atom. The maximum Gasteiger partial charge on any atom is 0.334 e. The molecule has 1 aliphatic rings. The molecule has 0 fully saturated rings. The number of carbonyl (C=O) groups is 1. The second-order valence-corrected chi connectivity index (χ2v) is 5.87. The molecule has 0 bridgehead atoms. The van der Waals surface area contributed by atoms with Gasteiger partial charge in [0.05, 0.1) is 6.61 Å². The molecule has 4 nitrogen and oxygen atoms in total. The first-order valence-electron chi connectivity index (χ1n) is 8.33. The van der Waals surface area contributed by atoms with Crippen LogP contribution in [0, 0.1) is 0 Å². The van der Waals surface area contributed by atoms with Gasteiger partial charge in [-0.15, -0.1) is 0 Å². The molecule has 0 amide bonds. The van der Waals surface area contributed by atoms with Crippen molar-refractivity contribution in [1.82, 2.24) is 9.88 Å². The first-order valence-corrected chi connectivity index (χ1v) is 8.33. The van der Waals surface area contributed by atoms with Gasteiger partial charge in [-0.3, -0.25) is 9.88 Å². The van der Waals surface area contributed by atoms with E-state index in [4.69, 9.17) is 4.74 Å². The summed E-state index contributed by atoms with van der Waals surface area (Å²) in [5.41, 5.74) is 4.10. The van der Waals surface area contributed by atoms with Crippen LogP contribution in [0.2, 0.25) is 0 Å². The van der Waals surface area contributed by atoms with Crippen molar-refractivity contribution < 1.29 is 9.53 Å². The summed E-state index contributed by atoms with van der Waals surface area (Å²) in [6, 6.07) is 14.3. The Kier molecular flexibility index (Phi) is 5.39. The molecule has 124 valence electrons. The van der Waals surface area contributed by atoms with Gasteiger partial charge in [0, 0.05) is 37.6 Å². The Morgan fingerprint density at radius 1 is 1.21 bits per heavy atom. The number of benzene rings is 1. The number of hydrogen-bond acceptors (Lipinski definition) is 4. The summed E-state index contributed by atoms with van der Waals surface area (Å²) < 4.78 is 5.25. The Balaban J connectivity index is 1.85. The largest absolute Gasteiger partial charge is 0.463 e. The van der Waals surface area contributed by atoms with Crippen molar-refractivity contribution in [2.24, 2.45) is 0 Å². The lowest BCUT2D eigenvalue weighted by atomic mass is 9.94. The minimum atomic E-state index is -0.198. The van der Waals surface area contributed by atoms with Gasteiger partial charge in [-0.2, -0.15) is 0 Å². The molecule has 4 heteroatoms. The zero-order valence-corrected chi connectivity index (χ0v) is 13.9. The van der Waals surface area contributed by atoms with Gasteiger partial charge in [-0.05, 0) is 36.1 Å². The highest BCUT2D eigenvalue weighted by molar-refractivity contribution is 5.98. The first kappa shape index (κ1) is 16.4. The third-order valence-electron chi connectivity index (χ3n) is 4.20. The SMILES string of the molecule is CCOC(=O)C1=C(c2cccnc2)CN(Cc2ccccc2)CC1. The lowest BCUT2D eigenvalue weighted by Gasteiger charge is -2.30. The monoisotopic (exact) mass is 322 g/mol. The van der Waals surface area contributed by atoms with E-state index in [1.165, 1.54) is 5.56 Å². The highest BCUT2D eigenvalue weighted by Crippen LogP contribution is 2.28. The van der Waals surface area contributed by atoms with Gasteiger partial charge >= 0.3 is 5.97 Å². The molecule has 0 aliphatic carbocycles. The van der Waals surface area contributed by atoms with Gasteiger partial charge < -0.3 is 4.74 Å². The Labute approximate surface area is 142 Å². The molecular weight excluding hydrogens is 300 g/mol. The fraction of sp³-hybridized carbons (Fsp3) is 0.300. The van der Waals surface area contributed by atoms with Crippen LogP contribution in [0.3, 0.4) is 0 Å². The molecule has 0 N–H and O–H groups in total. The highest BCUT2D eigenvalue weighted by atomic mass is 16.5. The van der Waals surface area contributed by atoms with Crippen LogP contribution in [0.4, 0.5) is 0 Å². The fourth-order valence-corrected chi connectivity index (χ4v) is 3.05. The fourth-order valence-electron chi connectivity index (χ4n) is 3.05. The van der Waals surface area contributed by atoms with E-state index in [-0.39, 0.29) is 5.97 Å². The lowest BCUT2D eigenvalue weighted by molar-refractivity contribution is -0.138. The van der Waals surface area contributed by atoms with Gasteiger partial charge in [-0.1, -0.05) is 36.4 Å². The van der Waals surface area contributed by atoms with Crippen LogP contribution in [0.1, 0.15) is 24.5 Å². The molecule has 0 radical (unpaired) electrons. The smallest absolute Gasteiger partial charge is 0.334 e. The highest BCUT2D eigenvalue weighted by Gasteiger charge is 2.25. The Bertz CT molecular complexity index is 711. The minimum absolute atomic E-state index is 0.198. The Hall–Kier alpha value is -2.46. The van der Waals surface area contributed by atoms with Gasteiger partial charge in [0.15, 0.2) is 0 Å². The molecule has 1 aromatic carbocycles. The maximum absolute atomic E-state index is 12.3. The summed E-state index contributed by atoms with van der Waals surface area (Å²) in [6.45, 7) is 4.70. The van der Waals surface area contributed by atoms with Crippen LogP contribution in [0.5, 0.6) is 0 Å². The number of pyridine rings is 1. The van der Waals surface area contributed by atoms with Gasteiger partial charge in [-0.25, -0.2) is 4.79 Å². The van der Waals surface area contributed by atoms with Gasteiger partial charge in [0.2, 0.25) is 0 Å². The number of aromatic nitrogens is 1. The molecule has 0 unspecified atom stereocenters. The number of esters is 1. The van der Waals surface area contributed by atoms with E-state index >= 15 is 0 Å². The summed E-state index contributed by atoms with van der Waals surface area (Å²) in [5, 5.41) is 0. The minimum Gasteiger partial charge on any atom is -0.463 e. The predicted octanol–water partition coefficient (Wildman–Crippen LogP) is 3.30.